The third kappa shape index (κ3) is 3.72. The number of benzene rings is 1. The molecule has 0 fully saturated rings. The summed E-state index contributed by atoms with van der Waals surface area (Å²) in [5.74, 6) is -0.125. The number of thiophene rings is 1. The lowest BCUT2D eigenvalue weighted by Crippen LogP contribution is -2.26. The van der Waals surface area contributed by atoms with Crippen LogP contribution in [0.4, 0.5) is 0 Å². The van der Waals surface area contributed by atoms with E-state index in [1.807, 2.05) is 13.0 Å². The van der Waals surface area contributed by atoms with Gasteiger partial charge in [0.25, 0.3) is 5.91 Å². The highest BCUT2D eigenvalue weighted by molar-refractivity contribution is 9.11. The molecule has 2 nitrogen and oxygen atoms in total. The van der Waals surface area contributed by atoms with Crippen LogP contribution in [0, 0.1) is 0 Å². The Kier molecular flexibility index (Phi) is 4.90. The second-order valence-electron chi connectivity index (χ2n) is 4.00. The van der Waals surface area contributed by atoms with Gasteiger partial charge in [0.05, 0.1) is 15.4 Å². The number of carbonyl (C=O) groups excluding carboxylic acids is 1. The molecule has 0 aliphatic rings. The van der Waals surface area contributed by atoms with Gasteiger partial charge in [-0.05, 0) is 46.6 Å². The average molecular weight is 379 g/mol. The molecule has 1 N–H and O–H groups in total. The van der Waals surface area contributed by atoms with E-state index in [1.165, 1.54) is 11.3 Å². The van der Waals surface area contributed by atoms with Crippen molar-refractivity contribution in [2.24, 2.45) is 0 Å². The van der Waals surface area contributed by atoms with Crippen LogP contribution in [0.25, 0.3) is 0 Å². The van der Waals surface area contributed by atoms with Crippen LogP contribution in [-0.4, -0.2) is 5.91 Å². The molecule has 1 aromatic heterocycles. The zero-order valence-electron chi connectivity index (χ0n) is 9.91. The molecule has 19 heavy (non-hydrogen) atoms. The Labute approximate surface area is 133 Å². The maximum Gasteiger partial charge on any atom is 0.252 e. The lowest BCUT2D eigenvalue weighted by atomic mass is 10.1. The molecular formula is C13H10BrCl2NOS. The van der Waals surface area contributed by atoms with Crippen molar-refractivity contribution < 1.29 is 4.79 Å². The molecule has 0 radical (unpaired) electrons. The fraction of sp³-hybridized carbons (Fsp3) is 0.154. The molecule has 0 saturated heterocycles. The van der Waals surface area contributed by atoms with Crippen molar-refractivity contribution in [3.8, 4) is 0 Å². The summed E-state index contributed by atoms with van der Waals surface area (Å²) in [7, 11) is 0. The molecule has 6 heteroatoms. The van der Waals surface area contributed by atoms with Crippen molar-refractivity contribution in [1.82, 2.24) is 5.32 Å². The Morgan fingerprint density at radius 1 is 1.37 bits per heavy atom. The predicted molar refractivity (Wildman–Crippen MR) is 84.4 cm³/mol. The molecule has 2 rings (SSSR count). The minimum absolute atomic E-state index is 0.125. The van der Waals surface area contributed by atoms with Crippen LogP contribution in [-0.2, 0) is 0 Å². The van der Waals surface area contributed by atoms with Gasteiger partial charge in [0, 0.05) is 15.4 Å². The molecule has 0 saturated carbocycles. The molecule has 2 aromatic rings. The number of carbonyl (C=O) groups is 1. The Bertz CT molecular complexity index is 614. The van der Waals surface area contributed by atoms with Crippen molar-refractivity contribution in [3.63, 3.8) is 0 Å². The van der Waals surface area contributed by atoms with Gasteiger partial charge < -0.3 is 5.32 Å². The molecule has 1 amide bonds. The first-order valence-corrected chi connectivity index (χ1v) is 7.90. The van der Waals surface area contributed by atoms with E-state index in [2.05, 4.69) is 21.2 Å². The molecule has 1 unspecified atom stereocenters. The molecule has 0 aliphatic heterocycles. The van der Waals surface area contributed by atoms with Crippen LogP contribution < -0.4 is 5.32 Å². The molecule has 100 valence electrons. The summed E-state index contributed by atoms with van der Waals surface area (Å²) in [6.07, 6.45) is 0. The number of rotatable bonds is 3. The Morgan fingerprint density at radius 3 is 2.68 bits per heavy atom. The molecule has 1 aromatic carbocycles. The maximum absolute atomic E-state index is 12.0. The molecule has 1 heterocycles. The summed E-state index contributed by atoms with van der Waals surface area (Å²) in [6, 6.07) is 6.85. The van der Waals surface area contributed by atoms with E-state index in [1.54, 1.807) is 23.6 Å². The van der Waals surface area contributed by atoms with Crippen molar-refractivity contribution in [3.05, 3.63) is 54.6 Å². The molecular weight excluding hydrogens is 369 g/mol. The highest BCUT2D eigenvalue weighted by Gasteiger charge is 2.15. The molecule has 1 atom stereocenters. The topological polar surface area (TPSA) is 29.1 Å². The minimum atomic E-state index is -0.184. The van der Waals surface area contributed by atoms with E-state index in [9.17, 15) is 4.79 Å². The van der Waals surface area contributed by atoms with Gasteiger partial charge in [0.2, 0.25) is 0 Å². The zero-order valence-corrected chi connectivity index (χ0v) is 13.8. The second-order valence-corrected chi connectivity index (χ2v) is 7.13. The van der Waals surface area contributed by atoms with E-state index >= 15 is 0 Å². The van der Waals surface area contributed by atoms with Crippen LogP contribution in [0.5, 0.6) is 0 Å². The van der Waals surface area contributed by atoms with E-state index in [0.717, 1.165) is 9.35 Å². The predicted octanol–water partition coefficient (Wildman–Crippen LogP) is 5.31. The van der Waals surface area contributed by atoms with Crippen molar-refractivity contribution in [1.29, 1.82) is 0 Å². The first-order valence-electron chi connectivity index (χ1n) is 5.47. The largest absolute Gasteiger partial charge is 0.345 e. The van der Waals surface area contributed by atoms with Crippen LogP contribution in [0.2, 0.25) is 10.0 Å². The third-order valence-corrected chi connectivity index (χ3v) is 4.67. The summed E-state index contributed by atoms with van der Waals surface area (Å²) < 4.78 is 0.926. The van der Waals surface area contributed by atoms with E-state index < -0.39 is 0 Å². The van der Waals surface area contributed by atoms with Gasteiger partial charge in [-0.3, -0.25) is 4.79 Å². The van der Waals surface area contributed by atoms with Crippen molar-refractivity contribution in [2.45, 2.75) is 13.0 Å². The quantitative estimate of drug-likeness (QED) is 0.770. The SMILES string of the molecule is CC(NC(=O)c1csc(Br)c1)c1ccc(Cl)cc1Cl. The summed E-state index contributed by atoms with van der Waals surface area (Å²) in [4.78, 5) is 12.0. The minimum Gasteiger partial charge on any atom is -0.345 e. The van der Waals surface area contributed by atoms with Gasteiger partial charge >= 0.3 is 0 Å². The third-order valence-electron chi connectivity index (χ3n) is 2.61. The summed E-state index contributed by atoms with van der Waals surface area (Å²) in [6.45, 7) is 1.88. The Hall–Kier alpha value is -0.550. The Morgan fingerprint density at radius 2 is 2.11 bits per heavy atom. The lowest BCUT2D eigenvalue weighted by Gasteiger charge is -2.15. The number of amides is 1. The van der Waals surface area contributed by atoms with Crippen molar-refractivity contribution >= 4 is 56.4 Å². The lowest BCUT2D eigenvalue weighted by molar-refractivity contribution is 0.0940. The van der Waals surface area contributed by atoms with Gasteiger partial charge in [0.1, 0.15) is 0 Å². The first-order chi connectivity index (χ1) is 8.97. The number of hydrogen-bond donors (Lipinski definition) is 1. The first kappa shape index (κ1) is 14.9. The second kappa shape index (κ2) is 6.27. The van der Waals surface area contributed by atoms with Gasteiger partial charge in [0.15, 0.2) is 0 Å². The average Bonchev–Trinajstić information content (AvgIpc) is 2.75. The summed E-state index contributed by atoms with van der Waals surface area (Å²) in [5, 5.41) is 5.83. The van der Waals surface area contributed by atoms with Crippen LogP contribution in [0.15, 0.2) is 33.4 Å². The van der Waals surface area contributed by atoms with Crippen LogP contribution >= 0.6 is 50.5 Å². The fourth-order valence-corrected chi connectivity index (χ4v) is 3.35. The van der Waals surface area contributed by atoms with E-state index in [0.29, 0.717) is 15.6 Å². The molecule has 0 bridgehead atoms. The fourth-order valence-electron chi connectivity index (χ4n) is 1.64. The molecule has 0 aliphatic carbocycles. The highest BCUT2D eigenvalue weighted by atomic mass is 79.9. The molecule has 0 spiro atoms. The summed E-state index contributed by atoms with van der Waals surface area (Å²) in [5.41, 5.74) is 1.47. The van der Waals surface area contributed by atoms with Crippen molar-refractivity contribution in [2.75, 3.05) is 0 Å². The smallest absolute Gasteiger partial charge is 0.252 e. The normalized spacial score (nSPS) is 12.2. The van der Waals surface area contributed by atoms with E-state index in [-0.39, 0.29) is 11.9 Å². The number of halogens is 3. The van der Waals surface area contributed by atoms with Gasteiger partial charge in [-0.2, -0.15) is 0 Å². The number of nitrogens with one attached hydrogen (secondary N) is 1. The monoisotopic (exact) mass is 377 g/mol. The van der Waals surface area contributed by atoms with Gasteiger partial charge in [-0.25, -0.2) is 0 Å². The zero-order chi connectivity index (χ0) is 14.0. The standard InChI is InChI=1S/C13H10BrCl2NOS/c1-7(10-3-2-9(15)5-11(10)16)17-13(18)8-4-12(14)19-6-8/h2-7H,1H3,(H,17,18). The maximum atomic E-state index is 12.0. The Balaban J connectivity index is 2.12. The number of hydrogen-bond acceptors (Lipinski definition) is 2. The highest BCUT2D eigenvalue weighted by Crippen LogP contribution is 2.27. The van der Waals surface area contributed by atoms with Gasteiger partial charge in [-0.15, -0.1) is 11.3 Å². The van der Waals surface area contributed by atoms with Crippen LogP contribution in [0.1, 0.15) is 28.9 Å². The van der Waals surface area contributed by atoms with E-state index in [4.69, 9.17) is 23.2 Å². The summed E-state index contributed by atoms with van der Waals surface area (Å²) >= 11 is 16.8. The van der Waals surface area contributed by atoms with Crippen LogP contribution in [0.3, 0.4) is 0 Å². The van der Waals surface area contributed by atoms with Gasteiger partial charge in [-0.1, -0.05) is 29.3 Å².